The lowest BCUT2D eigenvalue weighted by atomic mass is 10.4. The average Bonchev–Trinajstić information content (AvgIpc) is 2.75. The summed E-state index contributed by atoms with van der Waals surface area (Å²) >= 11 is 2.12. The predicted octanol–water partition coefficient (Wildman–Crippen LogP) is 1.44. The van der Waals surface area contributed by atoms with Gasteiger partial charge in [-0.1, -0.05) is 0 Å². The van der Waals surface area contributed by atoms with Crippen LogP contribution in [0.2, 0.25) is 0 Å². The highest BCUT2D eigenvalue weighted by Crippen LogP contribution is 2.15. The Kier molecular flexibility index (Phi) is 3.65. The van der Waals surface area contributed by atoms with E-state index in [4.69, 9.17) is 0 Å². The van der Waals surface area contributed by atoms with Gasteiger partial charge in [0.2, 0.25) is 0 Å². The van der Waals surface area contributed by atoms with Gasteiger partial charge < -0.3 is 0 Å². The highest BCUT2D eigenvalue weighted by molar-refractivity contribution is 14.1. The Bertz CT molecular complexity index is 454. The highest BCUT2D eigenvalue weighted by Gasteiger charge is 2.25. The fourth-order valence-corrected chi connectivity index (χ4v) is 3.13. The first-order chi connectivity index (χ1) is 7.58. The molecule has 2 heterocycles. The third-order valence-electron chi connectivity index (χ3n) is 2.37. The van der Waals surface area contributed by atoms with Gasteiger partial charge in [-0.25, -0.2) is 4.98 Å². The zero-order valence-corrected chi connectivity index (χ0v) is 11.5. The smallest absolute Gasteiger partial charge is 0.254 e. The van der Waals surface area contributed by atoms with Crippen molar-refractivity contribution >= 4 is 38.6 Å². The lowest BCUT2D eigenvalue weighted by molar-refractivity contribution is 0.482. The number of nitrogens with one attached hydrogen (secondary N) is 1. The fraction of sp³-hybridized carbons (Fsp3) is 0.444. The largest absolute Gasteiger partial charge is 0.302 e. The Labute approximate surface area is 109 Å². The number of nitrogens with zero attached hydrogens (tertiary/aromatic N) is 2. The van der Waals surface area contributed by atoms with E-state index >= 15 is 0 Å². The number of pyridine rings is 1. The minimum atomic E-state index is -3.41. The van der Waals surface area contributed by atoms with E-state index in [1.165, 1.54) is 4.31 Å². The number of hydrogen-bond donors (Lipinski definition) is 1. The summed E-state index contributed by atoms with van der Waals surface area (Å²) in [7, 11) is -3.41. The van der Waals surface area contributed by atoms with Crippen molar-refractivity contribution in [3.8, 4) is 0 Å². The summed E-state index contributed by atoms with van der Waals surface area (Å²) in [5.41, 5.74) is 0. The molecule has 1 aromatic rings. The van der Waals surface area contributed by atoms with Crippen molar-refractivity contribution in [1.82, 2.24) is 9.29 Å². The lowest BCUT2D eigenvalue weighted by Gasteiger charge is -2.16. The van der Waals surface area contributed by atoms with Crippen LogP contribution in [0.3, 0.4) is 0 Å². The Morgan fingerprint density at radius 3 is 2.56 bits per heavy atom. The average molecular weight is 353 g/mol. The van der Waals surface area contributed by atoms with Crippen LogP contribution in [0.4, 0.5) is 5.82 Å². The van der Waals surface area contributed by atoms with Crippen molar-refractivity contribution in [3.05, 3.63) is 21.9 Å². The molecule has 0 spiro atoms. The molecule has 0 radical (unpaired) electrons. The zero-order chi connectivity index (χ0) is 11.6. The molecule has 88 valence electrons. The maximum absolute atomic E-state index is 11.9. The van der Waals surface area contributed by atoms with Crippen LogP contribution in [0.1, 0.15) is 12.8 Å². The lowest BCUT2D eigenvalue weighted by Crippen LogP contribution is -2.33. The molecule has 1 N–H and O–H groups in total. The Hall–Kier alpha value is -0.410. The van der Waals surface area contributed by atoms with E-state index in [-0.39, 0.29) is 0 Å². The summed E-state index contributed by atoms with van der Waals surface area (Å²) in [4.78, 5) is 4.01. The van der Waals surface area contributed by atoms with Crippen molar-refractivity contribution in [1.29, 1.82) is 0 Å². The molecule has 1 saturated heterocycles. The predicted molar refractivity (Wildman–Crippen MR) is 70.3 cm³/mol. The Morgan fingerprint density at radius 1 is 1.31 bits per heavy atom. The maximum atomic E-state index is 11.9. The van der Waals surface area contributed by atoms with Crippen LogP contribution in [-0.4, -0.2) is 30.8 Å². The molecule has 0 bridgehead atoms. The molecule has 16 heavy (non-hydrogen) atoms. The Balaban J connectivity index is 2.11. The minimum Gasteiger partial charge on any atom is -0.254 e. The van der Waals surface area contributed by atoms with Crippen molar-refractivity contribution in [2.45, 2.75) is 12.8 Å². The van der Waals surface area contributed by atoms with E-state index in [1.807, 2.05) is 6.07 Å². The normalized spacial score (nSPS) is 17.6. The molecule has 2 rings (SSSR count). The topological polar surface area (TPSA) is 62.3 Å². The minimum absolute atomic E-state index is 0.368. The van der Waals surface area contributed by atoms with Crippen molar-refractivity contribution < 1.29 is 8.42 Å². The number of anilines is 1. The van der Waals surface area contributed by atoms with Crippen LogP contribution >= 0.6 is 22.6 Å². The molecule has 0 amide bonds. The Morgan fingerprint density at radius 2 is 2.00 bits per heavy atom. The number of rotatable bonds is 3. The van der Waals surface area contributed by atoms with E-state index in [9.17, 15) is 8.42 Å². The van der Waals surface area contributed by atoms with Crippen LogP contribution < -0.4 is 4.72 Å². The molecule has 0 saturated carbocycles. The van der Waals surface area contributed by atoms with Crippen LogP contribution in [-0.2, 0) is 10.2 Å². The van der Waals surface area contributed by atoms with Gasteiger partial charge in [-0.2, -0.15) is 12.7 Å². The molecule has 0 unspecified atom stereocenters. The summed E-state index contributed by atoms with van der Waals surface area (Å²) < 4.78 is 28.6. The number of halogens is 1. The molecule has 0 aliphatic carbocycles. The molecule has 0 aromatic carbocycles. The monoisotopic (exact) mass is 353 g/mol. The number of aromatic nitrogens is 1. The molecule has 1 aliphatic heterocycles. The van der Waals surface area contributed by atoms with E-state index in [1.54, 1.807) is 12.3 Å². The van der Waals surface area contributed by atoms with E-state index in [0.29, 0.717) is 18.9 Å². The van der Waals surface area contributed by atoms with Gasteiger partial charge in [0.15, 0.2) is 0 Å². The quantitative estimate of drug-likeness (QED) is 0.837. The summed E-state index contributed by atoms with van der Waals surface area (Å²) in [5.74, 6) is 0.368. The van der Waals surface area contributed by atoms with Crippen molar-refractivity contribution in [2.24, 2.45) is 0 Å². The van der Waals surface area contributed by atoms with Crippen molar-refractivity contribution in [2.75, 3.05) is 17.8 Å². The van der Waals surface area contributed by atoms with Crippen LogP contribution in [0.25, 0.3) is 0 Å². The third-order valence-corrected chi connectivity index (χ3v) is 4.52. The summed E-state index contributed by atoms with van der Waals surface area (Å²) in [5, 5.41) is 0. The second kappa shape index (κ2) is 4.84. The van der Waals surface area contributed by atoms with Crippen LogP contribution in [0.15, 0.2) is 18.3 Å². The van der Waals surface area contributed by atoms with Gasteiger partial charge in [-0.05, 0) is 47.6 Å². The third kappa shape index (κ3) is 2.83. The first-order valence-corrected chi connectivity index (χ1v) is 7.49. The number of hydrogen-bond acceptors (Lipinski definition) is 3. The van der Waals surface area contributed by atoms with E-state index < -0.39 is 10.2 Å². The standard InChI is InChI=1S/C9H12IN3O2S/c10-8-3-4-9(11-7-8)12-16(14,15)13-5-1-2-6-13/h3-4,7H,1-2,5-6H2,(H,11,12). The fourth-order valence-electron chi connectivity index (χ4n) is 1.56. The molecular weight excluding hydrogens is 341 g/mol. The van der Waals surface area contributed by atoms with Gasteiger partial charge >= 0.3 is 10.2 Å². The molecule has 0 atom stereocenters. The van der Waals surface area contributed by atoms with Gasteiger partial charge in [0.1, 0.15) is 5.82 Å². The molecule has 1 aromatic heterocycles. The molecule has 5 nitrogen and oxygen atoms in total. The van der Waals surface area contributed by atoms with Gasteiger partial charge in [-0.15, -0.1) is 0 Å². The van der Waals surface area contributed by atoms with Gasteiger partial charge in [0.05, 0.1) is 0 Å². The maximum Gasteiger partial charge on any atom is 0.302 e. The molecule has 1 aliphatic rings. The van der Waals surface area contributed by atoms with E-state index in [2.05, 4.69) is 32.3 Å². The van der Waals surface area contributed by atoms with Crippen LogP contribution in [0, 0.1) is 3.57 Å². The zero-order valence-electron chi connectivity index (χ0n) is 8.56. The van der Waals surface area contributed by atoms with Gasteiger partial charge in [-0.3, -0.25) is 4.72 Å². The summed E-state index contributed by atoms with van der Waals surface area (Å²) in [6, 6.07) is 3.48. The SMILES string of the molecule is O=S(=O)(Nc1ccc(I)cn1)N1CCCC1. The second-order valence-corrected chi connectivity index (χ2v) is 6.49. The van der Waals surface area contributed by atoms with Gasteiger partial charge in [0, 0.05) is 22.9 Å². The first kappa shape index (κ1) is 12.1. The van der Waals surface area contributed by atoms with E-state index in [0.717, 1.165) is 16.4 Å². The van der Waals surface area contributed by atoms with Crippen LogP contribution in [0.5, 0.6) is 0 Å². The van der Waals surface area contributed by atoms with Gasteiger partial charge in [0.25, 0.3) is 0 Å². The highest BCUT2D eigenvalue weighted by atomic mass is 127. The summed E-state index contributed by atoms with van der Waals surface area (Å²) in [6.45, 7) is 1.19. The molecular formula is C9H12IN3O2S. The molecule has 7 heteroatoms. The first-order valence-electron chi connectivity index (χ1n) is 4.97. The second-order valence-electron chi connectivity index (χ2n) is 3.57. The summed E-state index contributed by atoms with van der Waals surface area (Å²) in [6.07, 6.45) is 3.49. The molecule has 1 fully saturated rings. The van der Waals surface area contributed by atoms with Crippen molar-refractivity contribution in [3.63, 3.8) is 0 Å².